The van der Waals surface area contributed by atoms with Crippen molar-refractivity contribution in [3.63, 3.8) is 0 Å². The third kappa shape index (κ3) is 5.78. The van der Waals surface area contributed by atoms with Crippen molar-refractivity contribution in [1.82, 2.24) is 15.6 Å². The summed E-state index contributed by atoms with van der Waals surface area (Å²) in [6, 6.07) is 8.42. The van der Waals surface area contributed by atoms with Crippen LogP contribution in [0.2, 0.25) is 0 Å². The van der Waals surface area contributed by atoms with E-state index in [2.05, 4.69) is 15.6 Å². The van der Waals surface area contributed by atoms with Crippen molar-refractivity contribution in [3.05, 3.63) is 54.4 Å². The lowest BCUT2D eigenvalue weighted by atomic mass is 9.99. The van der Waals surface area contributed by atoms with E-state index >= 15 is 0 Å². The molecule has 5 nitrogen and oxygen atoms in total. The van der Waals surface area contributed by atoms with E-state index in [0.717, 1.165) is 24.0 Å². The lowest BCUT2D eigenvalue weighted by Crippen LogP contribution is -2.49. The number of halogens is 3. The number of nitriles is 1. The van der Waals surface area contributed by atoms with Gasteiger partial charge >= 0.3 is 6.18 Å². The van der Waals surface area contributed by atoms with E-state index in [4.69, 9.17) is 5.26 Å². The molecule has 1 aliphatic carbocycles. The standard InChI is InChI=1S/C21H21F3N4O/c22-21(23,24)19(28-18(13-14-1-2-14)20(29)27-12-9-25)17-5-3-15(4-6-17)16-7-10-26-11-8-16/h3-8,10-11,14,18-19,28H,1-2,12-13H2,(H,27,29)/t18-,19?/m0/s1. The van der Waals surface area contributed by atoms with E-state index in [1.807, 2.05) is 0 Å². The zero-order chi connectivity index (χ0) is 20.9. The Bertz CT molecular complexity index is 858. The number of hydrogen-bond acceptors (Lipinski definition) is 4. The number of rotatable bonds is 8. The quantitative estimate of drug-likeness (QED) is 0.660. The fraction of sp³-hybridized carbons (Fsp3) is 0.381. The molecule has 1 amide bonds. The second-order valence-electron chi connectivity index (χ2n) is 7.11. The molecule has 0 aliphatic heterocycles. The maximum Gasteiger partial charge on any atom is 0.407 e. The summed E-state index contributed by atoms with van der Waals surface area (Å²) >= 11 is 0. The number of aromatic nitrogens is 1. The van der Waals surface area contributed by atoms with E-state index < -0.39 is 24.2 Å². The molecule has 8 heteroatoms. The molecule has 1 unspecified atom stereocenters. The second-order valence-corrected chi connectivity index (χ2v) is 7.11. The lowest BCUT2D eigenvalue weighted by Gasteiger charge is -2.27. The highest BCUT2D eigenvalue weighted by Crippen LogP contribution is 2.37. The minimum atomic E-state index is -4.57. The van der Waals surface area contributed by atoms with Crippen LogP contribution < -0.4 is 10.6 Å². The highest BCUT2D eigenvalue weighted by atomic mass is 19.4. The molecule has 0 saturated heterocycles. The Kier molecular flexibility index (Phi) is 6.49. The number of pyridine rings is 1. The Labute approximate surface area is 167 Å². The minimum Gasteiger partial charge on any atom is -0.342 e. The molecule has 1 fully saturated rings. The molecule has 0 radical (unpaired) electrons. The molecule has 152 valence electrons. The number of alkyl halides is 3. The number of carbonyl (C=O) groups is 1. The van der Waals surface area contributed by atoms with Gasteiger partial charge in [-0.15, -0.1) is 0 Å². The minimum absolute atomic E-state index is 0.0317. The van der Waals surface area contributed by atoms with Crippen LogP contribution in [0.5, 0.6) is 0 Å². The average Bonchev–Trinajstić information content (AvgIpc) is 3.53. The van der Waals surface area contributed by atoms with Crippen LogP contribution in [-0.4, -0.2) is 29.7 Å². The van der Waals surface area contributed by atoms with Gasteiger partial charge in [0.25, 0.3) is 0 Å². The van der Waals surface area contributed by atoms with Crippen molar-refractivity contribution in [3.8, 4) is 17.2 Å². The lowest BCUT2D eigenvalue weighted by molar-refractivity contribution is -0.161. The molecular weight excluding hydrogens is 381 g/mol. The topological polar surface area (TPSA) is 77.8 Å². The summed E-state index contributed by atoms with van der Waals surface area (Å²) in [7, 11) is 0. The fourth-order valence-corrected chi connectivity index (χ4v) is 3.18. The smallest absolute Gasteiger partial charge is 0.342 e. The Hall–Kier alpha value is -2.92. The molecule has 0 bridgehead atoms. The fourth-order valence-electron chi connectivity index (χ4n) is 3.18. The maximum atomic E-state index is 13.8. The number of hydrogen-bond donors (Lipinski definition) is 2. The number of nitrogens with one attached hydrogen (secondary N) is 2. The van der Waals surface area contributed by atoms with Crippen LogP contribution in [0.25, 0.3) is 11.1 Å². The van der Waals surface area contributed by atoms with Gasteiger partial charge in [-0.25, -0.2) is 0 Å². The highest BCUT2D eigenvalue weighted by molar-refractivity contribution is 5.82. The summed E-state index contributed by atoms with van der Waals surface area (Å²) in [5, 5.41) is 13.5. The van der Waals surface area contributed by atoms with Gasteiger partial charge in [0.15, 0.2) is 0 Å². The van der Waals surface area contributed by atoms with Crippen LogP contribution in [-0.2, 0) is 4.79 Å². The van der Waals surface area contributed by atoms with Gasteiger partial charge < -0.3 is 5.32 Å². The summed E-state index contributed by atoms with van der Waals surface area (Å²) < 4.78 is 41.4. The maximum absolute atomic E-state index is 13.8. The number of benzene rings is 1. The van der Waals surface area contributed by atoms with Crippen molar-refractivity contribution in [2.75, 3.05) is 6.54 Å². The summed E-state index contributed by atoms with van der Waals surface area (Å²) in [6.45, 7) is -0.237. The molecule has 1 heterocycles. The number of carbonyl (C=O) groups excluding carboxylic acids is 1. The van der Waals surface area contributed by atoms with Gasteiger partial charge in [-0.1, -0.05) is 37.1 Å². The molecule has 3 rings (SSSR count). The van der Waals surface area contributed by atoms with Crippen LogP contribution in [0.4, 0.5) is 13.2 Å². The van der Waals surface area contributed by atoms with Gasteiger partial charge in [-0.3, -0.25) is 15.1 Å². The normalized spacial score (nSPS) is 15.9. The van der Waals surface area contributed by atoms with Gasteiger partial charge in [0.2, 0.25) is 5.91 Å². The third-order valence-corrected chi connectivity index (χ3v) is 4.88. The second kappa shape index (κ2) is 9.05. The van der Waals surface area contributed by atoms with Crippen LogP contribution in [0.3, 0.4) is 0 Å². The van der Waals surface area contributed by atoms with E-state index in [-0.39, 0.29) is 18.0 Å². The SMILES string of the molecule is N#CCNC(=O)[C@H](CC1CC1)NC(c1ccc(-c2ccncc2)cc1)C(F)(F)F. The van der Waals surface area contributed by atoms with Gasteiger partial charge in [0.1, 0.15) is 12.6 Å². The first-order valence-corrected chi connectivity index (χ1v) is 9.36. The highest BCUT2D eigenvalue weighted by Gasteiger charge is 2.43. The van der Waals surface area contributed by atoms with Gasteiger partial charge in [-0.2, -0.15) is 18.4 Å². The molecule has 2 N–H and O–H groups in total. The van der Waals surface area contributed by atoms with Crippen molar-refractivity contribution in [2.45, 2.75) is 37.5 Å². The van der Waals surface area contributed by atoms with Crippen molar-refractivity contribution < 1.29 is 18.0 Å². The zero-order valence-corrected chi connectivity index (χ0v) is 15.6. The summed E-state index contributed by atoms with van der Waals surface area (Å²) in [4.78, 5) is 16.2. The zero-order valence-electron chi connectivity index (χ0n) is 15.6. The van der Waals surface area contributed by atoms with Crippen molar-refractivity contribution in [2.24, 2.45) is 5.92 Å². The molecule has 2 aromatic rings. The van der Waals surface area contributed by atoms with Crippen molar-refractivity contribution in [1.29, 1.82) is 5.26 Å². The molecule has 1 aliphatic rings. The molecule has 2 atom stereocenters. The van der Waals surface area contributed by atoms with Crippen LogP contribution >= 0.6 is 0 Å². The van der Waals surface area contributed by atoms with Crippen molar-refractivity contribution >= 4 is 5.91 Å². The van der Waals surface area contributed by atoms with Gasteiger partial charge in [0, 0.05) is 12.4 Å². The average molecular weight is 402 g/mol. The first kappa shape index (κ1) is 20.8. The summed E-state index contributed by atoms with van der Waals surface area (Å²) in [6.07, 6.45) is 0.785. The van der Waals surface area contributed by atoms with Gasteiger partial charge in [-0.05, 0) is 41.2 Å². The Morgan fingerprint density at radius 2 is 1.76 bits per heavy atom. The molecule has 1 saturated carbocycles. The molecule has 1 aromatic heterocycles. The number of amides is 1. The monoisotopic (exact) mass is 402 g/mol. The predicted octanol–water partition coefficient (Wildman–Crippen LogP) is 3.75. The summed E-state index contributed by atoms with van der Waals surface area (Å²) in [5.74, 6) is -0.343. The third-order valence-electron chi connectivity index (χ3n) is 4.88. The van der Waals surface area contributed by atoms with E-state index in [1.54, 1.807) is 42.7 Å². The predicted molar refractivity (Wildman–Crippen MR) is 101 cm³/mol. The molecular formula is C21H21F3N4O. The Balaban J connectivity index is 1.81. The number of nitrogens with zero attached hydrogens (tertiary/aromatic N) is 2. The Morgan fingerprint density at radius 1 is 1.14 bits per heavy atom. The van der Waals surface area contributed by atoms with E-state index in [9.17, 15) is 18.0 Å². The first-order chi connectivity index (χ1) is 13.9. The van der Waals surface area contributed by atoms with E-state index in [1.165, 1.54) is 12.1 Å². The first-order valence-electron chi connectivity index (χ1n) is 9.36. The molecule has 1 aromatic carbocycles. The van der Waals surface area contributed by atoms with E-state index in [0.29, 0.717) is 6.42 Å². The molecule has 0 spiro atoms. The molecule has 29 heavy (non-hydrogen) atoms. The summed E-state index contributed by atoms with van der Waals surface area (Å²) in [5.41, 5.74) is 1.66. The van der Waals surface area contributed by atoms with Crippen LogP contribution in [0, 0.1) is 17.2 Å². The van der Waals surface area contributed by atoms with Gasteiger partial charge in [0.05, 0.1) is 12.1 Å². The largest absolute Gasteiger partial charge is 0.407 e. The van der Waals surface area contributed by atoms with Crippen LogP contribution in [0.15, 0.2) is 48.8 Å². The Morgan fingerprint density at radius 3 is 2.31 bits per heavy atom. The van der Waals surface area contributed by atoms with Crippen LogP contribution in [0.1, 0.15) is 30.9 Å².